The molecular weight excluding hydrogens is 194 g/mol. The Balaban J connectivity index is 2.68. The van der Waals surface area contributed by atoms with E-state index in [0.717, 1.165) is 5.75 Å². The van der Waals surface area contributed by atoms with Crippen LogP contribution in [-0.2, 0) is 6.54 Å². The second kappa shape index (κ2) is 3.59. The molecule has 1 heterocycles. The maximum absolute atomic E-state index is 5.71. The van der Waals surface area contributed by atoms with Gasteiger partial charge in [-0.1, -0.05) is 0 Å². The first-order valence-corrected chi connectivity index (χ1v) is 5.34. The van der Waals surface area contributed by atoms with Gasteiger partial charge in [-0.25, -0.2) is 0 Å². The maximum atomic E-state index is 5.71. The number of ether oxygens (including phenoxy) is 1. The average molecular weight is 207 g/mol. The molecule has 0 aliphatic carbocycles. The third-order valence-electron chi connectivity index (χ3n) is 2.41. The molecule has 0 amide bonds. The lowest BCUT2D eigenvalue weighted by molar-refractivity contribution is 0.415. The fraction of sp³-hybridized carbons (Fsp3) is 0.273. The lowest BCUT2D eigenvalue weighted by Gasteiger charge is -1.99. The van der Waals surface area contributed by atoms with E-state index in [-0.39, 0.29) is 0 Å². The van der Waals surface area contributed by atoms with Crippen molar-refractivity contribution in [3.8, 4) is 5.75 Å². The third kappa shape index (κ3) is 1.38. The largest absolute Gasteiger partial charge is 0.497 e. The summed E-state index contributed by atoms with van der Waals surface area (Å²) in [7, 11) is 1.69. The van der Waals surface area contributed by atoms with Gasteiger partial charge in [-0.05, 0) is 36.1 Å². The number of rotatable bonds is 2. The minimum atomic E-state index is 0.609. The van der Waals surface area contributed by atoms with Crippen molar-refractivity contribution in [3.63, 3.8) is 0 Å². The number of nitrogens with two attached hydrogens (primary N) is 1. The van der Waals surface area contributed by atoms with E-state index < -0.39 is 0 Å². The van der Waals surface area contributed by atoms with Crippen molar-refractivity contribution in [3.05, 3.63) is 28.6 Å². The summed E-state index contributed by atoms with van der Waals surface area (Å²) in [6, 6.07) is 6.12. The molecule has 1 aromatic carbocycles. The van der Waals surface area contributed by atoms with Crippen molar-refractivity contribution in [2.45, 2.75) is 13.5 Å². The number of benzene rings is 1. The molecule has 0 saturated heterocycles. The zero-order valence-electron chi connectivity index (χ0n) is 8.33. The van der Waals surface area contributed by atoms with Crippen LogP contribution in [0, 0.1) is 6.92 Å². The normalized spacial score (nSPS) is 10.8. The minimum absolute atomic E-state index is 0.609. The summed E-state index contributed by atoms with van der Waals surface area (Å²) >= 11 is 1.77. The van der Waals surface area contributed by atoms with Gasteiger partial charge in [0.1, 0.15) is 5.75 Å². The number of hydrogen-bond donors (Lipinski definition) is 1. The molecule has 2 aromatic rings. The number of aryl methyl sites for hydroxylation is 1. The molecular formula is C11H13NOS. The highest BCUT2D eigenvalue weighted by atomic mass is 32.1. The number of methoxy groups -OCH3 is 1. The Kier molecular flexibility index (Phi) is 2.44. The Morgan fingerprint density at radius 1 is 1.43 bits per heavy atom. The monoisotopic (exact) mass is 207 g/mol. The first-order chi connectivity index (χ1) is 6.76. The molecule has 2 rings (SSSR count). The Bertz CT molecular complexity index is 462. The fourth-order valence-electron chi connectivity index (χ4n) is 1.63. The van der Waals surface area contributed by atoms with E-state index in [2.05, 4.69) is 19.1 Å². The van der Waals surface area contributed by atoms with Crippen molar-refractivity contribution in [1.82, 2.24) is 0 Å². The summed E-state index contributed by atoms with van der Waals surface area (Å²) in [6.45, 7) is 2.72. The van der Waals surface area contributed by atoms with Crippen molar-refractivity contribution in [2.75, 3.05) is 7.11 Å². The van der Waals surface area contributed by atoms with Gasteiger partial charge in [0.25, 0.3) is 0 Å². The SMILES string of the molecule is COc1ccc2c(CN)c(C)sc2c1. The fourth-order valence-corrected chi connectivity index (χ4v) is 2.76. The number of hydrogen-bond acceptors (Lipinski definition) is 3. The van der Waals surface area contributed by atoms with E-state index in [9.17, 15) is 0 Å². The van der Waals surface area contributed by atoms with E-state index in [1.54, 1.807) is 18.4 Å². The predicted octanol–water partition coefficient (Wildman–Crippen LogP) is 2.68. The highest BCUT2D eigenvalue weighted by Gasteiger charge is 2.07. The molecule has 0 spiro atoms. The molecule has 14 heavy (non-hydrogen) atoms. The summed E-state index contributed by atoms with van der Waals surface area (Å²) in [5.74, 6) is 0.905. The molecule has 1 aromatic heterocycles. The molecule has 0 aliphatic heterocycles. The third-order valence-corrected chi connectivity index (χ3v) is 3.52. The Morgan fingerprint density at radius 2 is 2.21 bits per heavy atom. The van der Waals surface area contributed by atoms with E-state index in [4.69, 9.17) is 10.5 Å². The second-order valence-corrected chi connectivity index (χ2v) is 4.46. The molecule has 0 radical (unpaired) electrons. The highest BCUT2D eigenvalue weighted by molar-refractivity contribution is 7.19. The lowest BCUT2D eigenvalue weighted by Crippen LogP contribution is -1.96. The smallest absolute Gasteiger partial charge is 0.120 e. The summed E-state index contributed by atoms with van der Waals surface area (Å²) in [6.07, 6.45) is 0. The van der Waals surface area contributed by atoms with Crippen LogP contribution in [0.25, 0.3) is 10.1 Å². The van der Waals surface area contributed by atoms with Crippen LogP contribution in [0.2, 0.25) is 0 Å². The Hall–Kier alpha value is -1.06. The molecule has 3 heteroatoms. The lowest BCUT2D eigenvalue weighted by atomic mass is 10.1. The van der Waals surface area contributed by atoms with Gasteiger partial charge < -0.3 is 10.5 Å². The van der Waals surface area contributed by atoms with Crippen LogP contribution >= 0.6 is 11.3 Å². The second-order valence-electron chi connectivity index (χ2n) is 3.20. The Labute approximate surface area is 87.3 Å². The van der Waals surface area contributed by atoms with Gasteiger partial charge in [0.2, 0.25) is 0 Å². The summed E-state index contributed by atoms with van der Waals surface area (Å²) < 4.78 is 6.43. The molecule has 2 nitrogen and oxygen atoms in total. The van der Waals surface area contributed by atoms with Gasteiger partial charge in [-0.3, -0.25) is 0 Å². The van der Waals surface area contributed by atoms with Gasteiger partial charge in [0, 0.05) is 16.1 Å². The summed E-state index contributed by atoms with van der Waals surface area (Å²) in [4.78, 5) is 1.30. The minimum Gasteiger partial charge on any atom is -0.497 e. The zero-order valence-corrected chi connectivity index (χ0v) is 9.15. The van der Waals surface area contributed by atoms with Crippen molar-refractivity contribution in [1.29, 1.82) is 0 Å². The van der Waals surface area contributed by atoms with Crippen molar-refractivity contribution < 1.29 is 4.74 Å². The molecule has 0 fully saturated rings. The van der Waals surface area contributed by atoms with Crippen LogP contribution in [0.15, 0.2) is 18.2 Å². The van der Waals surface area contributed by atoms with Crippen molar-refractivity contribution in [2.24, 2.45) is 5.73 Å². The van der Waals surface area contributed by atoms with Gasteiger partial charge >= 0.3 is 0 Å². The predicted molar refractivity (Wildman–Crippen MR) is 61.0 cm³/mol. The summed E-state index contributed by atoms with van der Waals surface area (Å²) in [5.41, 5.74) is 6.96. The number of thiophene rings is 1. The first-order valence-electron chi connectivity index (χ1n) is 4.52. The van der Waals surface area contributed by atoms with Crippen LogP contribution in [0.3, 0.4) is 0 Å². The van der Waals surface area contributed by atoms with Gasteiger partial charge in [-0.2, -0.15) is 0 Å². The number of fused-ring (bicyclic) bond motifs is 1. The zero-order chi connectivity index (χ0) is 10.1. The van der Waals surface area contributed by atoms with Crippen LogP contribution in [-0.4, -0.2) is 7.11 Å². The molecule has 0 aliphatic rings. The summed E-state index contributed by atoms with van der Waals surface area (Å²) in [5, 5.41) is 1.26. The van der Waals surface area contributed by atoms with Crippen LogP contribution in [0.4, 0.5) is 0 Å². The molecule has 74 valence electrons. The van der Waals surface area contributed by atoms with Crippen LogP contribution < -0.4 is 10.5 Å². The molecule has 0 atom stereocenters. The average Bonchev–Trinajstić information content (AvgIpc) is 2.51. The first kappa shape index (κ1) is 9.49. The van der Waals surface area contributed by atoms with Gasteiger partial charge in [0.15, 0.2) is 0 Å². The van der Waals surface area contributed by atoms with Crippen LogP contribution in [0.5, 0.6) is 5.75 Å². The van der Waals surface area contributed by atoms with E-state index in [0.29, 0.717) is 6.54 Å². The molecule has 0 saturated carbocycles. The van der Waals surface area contributed by atoms with Crippen molar-refractivity contribution >= 4 is 21.4 Å². The van der Waals surface area contributed by atoms with Gasteiger partial charge in [-0.15, -0.1) is 11.3 Å². The quantitative estimate of drug-likeness (QED) is 0.821. The Morgan fingerprint density at radius 3 is 2.86 bits per heavy atom. The molecule has 2 N–H and O–H groups in total. The highest BCUT2D eigenvalue weighted by Crippen LogP contribution is 2.32. The standard InChI is InChI=1S/C11H13NOS/c1-7-10(6-12)9-4-3-8(13-2)5-11(9)14-7/h3-5H,6,12H2,1-2H3. The van der Waals surface area contributed by atoms with Gasteiger partial charge in [0.05, 0.1) is 7.11 Å². The van der Waals surface area contributed by atoms with Crippen LogP contribution in [0.1, 0.15) is 10.4 Å². The van der Waals surface area contributed by atoms with E-state index in [1.165, 1.54) is 20.5 Å². The molecule has 0 unspecified atom stereocenters. The van der Waals surface area contributed by atoms with E-state index in [1.807, 2.05) is 6.07 Å². The topological polar surface area (TPSA) is 35.2 Å². The molecule has 0 bridgehead atoms. The maximum Gasteiger partial charge on any atom is 0.120 e. The van der Waals surface area contributed by atoms with E-state index >= 15 is 0 Å².